The van der Waals surface area contributed by atoms with Gasteiger partial charge in [-0.05, 0) is 18.4 Å². The molecule has 2 rings (SSSR count). The minimum Gasteiger partial charge on any atom is -0.481 e. The number of amides is 1. The molecule has 0 aliphatic carbocycles. The fraction of sp³-hybridized carbons (Fsp3) is 0.308. The molecule has 2 aromatic heterocycles. The molecule has 2 N–H and O–H groups in total. The van der Waals surface area contributed by atoms with Crippen LogP contribution in [0.1, 0.15) is 19.0 Å². The first kappa shape index (κ1) is 14.7. The van der Waals surface area contributed by atoms with Crippen molar-refractivity contribution in [2.24, 2.45) is 0 Å². The Morgan fingerprint density at radius 1 is 1.45 bits per heavy atom. The van der Waals surface area contributed by atoms with Gasteiger partial charge in [0.1, 0.15) is 5.01 Å². The zero-order valence-electron chi connectivity index (χ0n) is 10.8. The normalized spacial score (nSPS) is 12.1. The van der Waals surface area contributed by atoms with E-state index >= 15 is 0 Å². The second-order valence-corrected chi connectivity index (χ2v) is 6.17. The summed E-state index contributed by atoms with van der Waals surface area (Å²) in [5, 5.41) is 16.0. The van der Waals surface area contributed by atoms with Crippen LogP contribution in [-0.2, 0) is 16.0 Å². The summed E-state index contributed by atoms with van der Waals surface area (Å²) in [7, 11) is 0. The van der Waals surface area contributed by atoms with Crippen molar-refractivity contribution in [3.63, 3.8) is 0 Å². The lowest BCUT2D eigenvalue weighted by Gasteiger charge is -2.10. The lowest BCUT2D eigenvalue weighted by atomic mass is 10.2. The largest absolute Gasteiger partial charge is 0.481 e. The Labute approximate surface area is 124 Å². The molecule has 0 saturated carbocycles. The molecule has 2 aromatic rings. The van der Waals surface area contributed by atoms with E-state index < -0.39 is 5.97 Å². The van der Waals surface area contributed by atoms with Gasteiger partial charge in [0.2, 0.25) is 5.91 Å². The topological polar surface area (TPSA) is 79.3 Å². The summed E-state index contributed by atoms with van der Waals surface area (Å²) in [4.78, 5) is 27.8. The summed E-state index contributed by atoms with van der Waals surface area (Å²) in [6.07, 6.45) is 0.0923. The molecular formula is C13H14N2O3S2. The maximum Gasteiger partial charge on any atom is 0.305 e. The van der Waals surface area contributed by atoms with Crippen molar-refractivity contribution in [1.29, 1.82) is 0 Å². The monoisotopic (exact) mass is 310 g/mol. The number of nitrogens with one attached hydrogen (secondary N) is 1. The van der Waals surface area contributed by atoms with Gasteiger partial charge in [0.25, 0.3) is 0 Å². The molecule has 5 nitrogen and oxygen atoms in total. The number of thiophene rings is 1. The van der Waals surface area contributed by atoms with Crippen LogP contribution < -0.4 is 5.32 Å². The first-order valence-corrected chi connectivity index (χ1v) is 7.80. The van der Waals surface area contributed by atoms with Gasteiger partial charge in [0.05, 0.1) is 23.4 Å². The SMILES string of the molecule is CC(CC(=O)O)NC(=O)Cc1csc(-c2cccs2)n1. The summed E-state index contributed by atoms with van der Waals surface area (Å²) in [6, 6.07) is 3.57. The molecule has 20 heavy (non-hydrogen) atoms. The molecule has 106 valence electrons. The predicted octanol–water partition coefficient (Wildman–Crippen LogP) is 2.39. The fourth-order valence-corrected chi connectivity index (χ4v) is 3.34. The first-order valence-electron chi connectivity index (χ1n) is 6.04. The number of rotatable bonds is 6. The lowest BCUT2D eigenvalue weighted by Crippen LogP contribution is -2.35. The van der Waals surface area contributed by atoms with Gasteiger partial charge in [-0.3, -0.25) is 9.59 Å². The molecule has 0 aliphatic heterocycles. The second-order valence-electron chi connectivity index (χ2n) is 4.36. The fourth-order valence-electron chi connectivity index (χ4n) is 1.70. The van der Waals surface area contributed by atoms with Gasteiger partial charge < -0.3 is 10.4 Å². The van der Waals surface area contributed by atoms with E-state index in [-0.39, 0.29) is 24.8 Å². The van der Waals surface area contributed by atoms with Crippen molar-refractivity contribution in [2.45, 2.75) is 25.8 Å². The predicted molar refractivity (Wildman–Crippen MR) is 79.0 cm³/mol. The third kappa shape index (κ3) is 4.14. The molecule has 0 aliphatic rings. The van der Waals surface area contributed by atoms with E-state index in [1.165, 1.54) is 11.3 Å². The van der Waals surface area contributed by atoms with E-state index in [9.17, 15) is 9.59 Å². The molecule has 1 amide bonds. The third-order valence-electron chi connectivity index (χ3n) is 2.51. The summed E-state index contributed by atoms with van der Waals surface area (Å²) in [5.41, 5.74) is 0.707. The molecule has 1 unspecified atom stereocenters. The summed E-state index contributed by atoms with van der Waals surface area (Å²) >= 11 is 3.11. The number of carboxylic acid groups (broad SMARTS) is 1. The van der Waals surface area contributed by atoms with E-state index in [4.69, 9.17) is 5.11 Å². The van der Waals surface area contributed by atoms with Gasteiger partial charge in [-0.2, -0.15) is 0 Å². The molecule has 0 aromatic carbocycles. The maximum atomic E-state index is 11.8. The van der Waals surface area contributed by atoms with Gasteiger partial charge in [-0.1, -0.05) is 6.07 Å². The standard InChI is InChI=1S/C13H14N2O3S2/c1-8(5-12(17)18)14-11(16)6-9-7-20-13(15-9)10-3-2-4-19-10/h2-4,7-8H,5-6H2,1H3,(H,14,16)(H,17,18). The van der Waals surface area contributed by atoms with Crippen LogP contribution in [0.4, 0.5) is 0 Å². The van der Waals surface area contributed by atoms with Gasteiger partial charge in [-0.25, -0.2) is 4.98 Å². The van der Waals surface area contributed by atoms with Gasteiger partial charge in [-0.15, -0.1) is 22.7 Å². The number of carbonyl (C=O) groups excluding carboxylic acids is 1. The molecule has 0 bridgehead atoms. The molecular weight excluding hydrogens is 296 g/mol. The number of thiazole rings is 1. The highest BCUT2D eigenvalue weighted by atomic mass is 32.1. The Bertz CT molecular complexity index is 593. The van der Waals surface area contributed by atoms with E-state index in [2.05, 4.69) is 10.3 Å². The number of nitrogens with zero attached hydrogens (tertiary/aromatic N) is 1. The average Bonchev–Trinajstić information content (AvgIpc) is 2.96. The molecule has 2 heterocycles. The molecule has 0 saturated heterocycles. The first-order chi connectivity index (χ1) is 9.54. The lowest BCUT2D eigenvalue weighted by molar-refractivity contribution is -0.137. The highest BCUT2D eigenvalue weighted by Gasteiger charge is 2.13. The minimum atomic E-state index is -0.925. The molecule has 0 spiro atoms. The Kier molecular flexibility index (Phi) is 4.86. The number of aliphatic carboxylic acids is 1. The number of hydrogen-bond donors (Lipinski definition) is 2. The molecule has 0 radical (unpaired) electrons. The van der Waals surface area contributed by atoms with Crippen LogP contribution in [0.5, 0.6) is 0 Å². The number of carboxylic acids is 1. The van der Waals surface area contributed by atoms with E-state index in [0.717, 1.165) is 9.88 Å². The maximum absolute atomic E-state index is 11.8. The zero-order chi connectivity index (χ0) is 14.5. The Morgan fingerprint density at radius 2 is 2.25 bits per heavy atom. The van der Waals surface area contributed by atoms with Crippen molar-refractivity contribution >= 4 is 34.6 Å². The number of hydrogen-bond acceptors (Lipinski definition) is 5. The van der Waals surface area contributed by atoms with Crippen molar-refractivity contribution in [2.75, 3.05) is 0 Å². The van der Waals surface area contributed by atoms with Crippen molar-refractivity contribution < 1.29 is 14.7 Å². The van der Waals surface area contributed by atoms with Gasteiger partial charge >= 0.3 is 5.97 Å². The summed E-state index contributed by atoms with van der Waals surface area (Å²) < 4.78 is 0. The van der Waals surface area contributed by atoms with Crippen LogP contribution in [0.25, 0.3) is 9.88 Å². The van der Waals surface area contributed by atoms with E-state index in [1.807, 2.05) is 22.9 Å². The van der Waals surface area contributed by atoms with E-state index in [0.29, 0.717) is 5.69 Å². The average molecular weight is 310 g/mol. The Morgan fingerprint density at radius 3 is 2.90 bits per heavy atom. The number of carbonyl (C=O) groups is 2. The Balaban J connectivity index is 1.90. The van der Waals surface area contributed by atoms with Crippen molar-refractivity contribution in [1.82, 2.24) is 10.3 Å². The molecule has 0 fully saturated rings. The highest BCUT2D eigenvalue weighted by molar-refractivity contribution is 7.20. The third-order valence-corrected chi connectivity index (χ3v) is 4.44. The van der Waals surface area contributed by atoms with Crippen LogP contribution in [0, 0.1) is 0 Å². The van der Waals surface area contributed by atoms with Gasteiger partial charge in [0.15, 0.2) is 0 Å². The van der Waals surface area contributed by atoms with Crippen LogP contribution in [-0.4, -0.2) is 28.0 Å². The van der Waals surface area contributed by atoms with Crippen LogP contribution in [0.15, 0.2) is 22.9 Å². The van der Waals surface area contributed by atoms with Crippen LogP contribution >= 0.6 is 22.7 Å². The molecule has 7 heteroatoms. The van der Waals surface area contributed by atoms with E-state index in [1.54, 1.807) is 18.3 Å². The smallest absolute Gasteiger partial charge is 0.305 e. The number of aromatic nitrogens is 1. The van der Waals surface area contributed by atoms with Crippen molar-refractivity contribution in [3.8, 4) is 9.88 Å². The molecule has 1 atom stereocenters. The zero-order valence-corrected chi connectivity index (χ0v) is 12.5. The summed E-state index contributed by atoms with van der Waals surface area (Å²) in [6.45, 7) is 1.67. The van der Waals surface area contributed by atoms with Crippen LogP contribution in [0.2, 0.25) is 0 Å². The minimum absolute atomic E-state index is 0.0801. The quantitative estimate of drug-likeness (QED) is 0.858. The Hall–Kier alpha value is -1.73. The van der Waals surface area contributed by atoms with Crippen LogP contribution in [0.3, 0.4) is 0 Å². The van der Waals surface area contributed by atoms with Gasteiger partial charge in [0, 0.05) is 11.4 Å². The van der Waals surface area contributed by atoms with Crippen molar-refractivity contribution in [3.05, 3.63) is 28.6 Å². The highest BCUT2D eigenvalue weighted by Crippen LogP contribution is 2.27. The summed E-state index contributed by atoms with van der Waals surface area (Å²) in [5.74, 6) is -1.13. The second kappa shape index (κ2) is 6.62.